The molecule has 0 aliphatic carbocycles. The summed E-state index contributed by atoms with van der Waals surface area (Å²) >= 11 is 0. The minimum atomic E-state index is -0.328. The van der Waals surface area contributed by atoms with Crippen LogP contribution in [0.4, 0.5) is 0 Å². The first-order valence-electron chi connectivity index (χ1n) is 6.19. The van der Waals surface area contributed by atoms with Gasteiger partial charge in [-0.1, -0.05) is 6.07 Å². The molecule has 20 heavy (non-hydrogen) atoms. The zero-order valence-electron chi connectivity index (χ0n) is 11.9. The van der Waals surface area contributed by atoms with Crippen LogP contribution in [0.2, 0.25) is 0 Å². The average Bonchev–Trinajstić information content (AvgIpc) is 2.46. The maximum Gasteiger partial charge on any atom is 0.305 e. The van der Waals surface area contributed by atoms with E-state index in [1.165, 1.54) is 25.2 Å². The Kier molecular flexibility index (Phi) is 5.83. The minimum absolute atomic E-state index is 0.171. The van der Waals surface area contributed by atoms with Crippen molar-refractivity contribution in [2.45, 2.75) is 12.8 Å². The van der Waals surface area contributed by atoms with Crippen LogP contribution in [0.25, 0.3) is 0 Å². The maximum atomic E-state index is 12.2. The summed E-state index contributed by atoms with van der Waals surface area (Å²) in [5.41, 5.74) is 0.171. The molecule has 1 rings (SSSR count). The number of nitrogens with zero attached hydrogens (tertiary/aromatic N) is 1. The Bertz CT molecular complexity index is 486. The van der Waals surface area contributed by atoms with Crippen molar-refractivity contribution >= 4 is 11.9 Å². The third-order valence-corrected chi connectivity index (χ3v) is 2.90. The van der Waals surface area contributed by atoms with Crippen molar-refractivity contribution in [1.82, 2.24) is 4.90 Å². The Labute approximate surface area is 117 Å². The average molecular weight is 281 g/mol. The number of ether oxygens (including phenoxy) is 2. The lowest BCUT2D eigenvalue weighted by atomic mass is 10.1. The normalized spacial score (nSPS) is 9.95. The van der Waals surface area contributed by atoms with Gasteiger partial charge in [0.1, 0.15) is 0 Å². The molecule has 6 heteroatoms. The van der Waals surface area contributed by atoms with Gasteiger partial charge in [0.15, 0.2) is 11.5 Å². The first-order valence-corrected chi connectivity index (χ1v) is 6.19. The summed E-state index contributed by atoms with van der Waals surface area (Å²) in [6.45, 7) is 0.393. The molecule has 1 N–H and O–H groups in total. The van der Waals surface area contributed by atoms with E-state index in [1.807, 2.05) is 0 Å². The second-order valence-electron chi connectivity index (χ2n) is 4.26. The largest absolute Gasteiger partial charge is 0.504 e. The summed E-state index contributed by atoms with van der Waals surface area (Å²) in [4.78, 5) is 24.6. The summed E-state index contributed by atoms with van der Waals surface area (Å²) < 4.78 is 9.49. The van der Waals surface area contributed by atoms with E-state index in [4.69, 9.17) is 4.74 Å². The molecule has 0 spiro atoms. The SMILES string of the molecule is COC(=O)CCCN(C)C(=O)c1cccc(OC)c1O. The second-order valence-corrected chi connectivity index (χ2v) is 4.26. The summed E-state index contributed by atoms with van der Waals surface area (Å²) in [6.07, 6.45) is 0.748. The predicted octanol–water partition coefficient (Wildman–Crippen LogP) is 1.43. The number of aromatic hydroxyl groups is 1. The van der Waals surface area contributed by atoms with Crippen LogP contribution in [0.5, 0.6) is 11.5 Å². The van der Waals surface area contributed by atoms with E-state index >= 15 is 0 Å². The number of hydrogen-bond acceptors (Lipinski definition) is 5. The molecule has 1 aromatic carbocycles. The van der Waals surface area contributed by atoms with E-state index in [1.54, 1.807) is 19.2 Å². The molecule has 0 aromatic heterocycles. The lowest BCUT2D eigenvalue weighted by Crippen LogP contribution is -2.28. The molecule has 1 aromatic rings. The zero-order valence-corrected chi connectivity index (χ0v) is 11.9. The Balaban J connectivity index is 2.67. The lowest BCUT2D eigenvalue weighted by Gasteiger charge is -2.18. The molecule has 0 bridgehead atoms. The standard InChI is InChI=1S/C14H19NO5/c1-15(9-5-8-12(16)20-3)14(18)10-6-4-7-11(19-2)13(10)17/h4,6-7,17H,5,8-9H2,1-3H3. The molecule has 1 amide bonds. The van der Waals surface area contributed by atoms with E-state index in [0.717, 1.165) is 0 Å². The number of phenols is 1. The molecule has 0 aliphatic rings. The van der Waals surface area contributed by atoms with Gasteiger partial charge in [-0.15, -0.1) is 0 Å². The van der Waals surface area contributed by atoms with Crippen molar-refractivity contribution in [2.24, 2.45) is 0 Å². The molecule has 0 unspecified atom stereocenters. The molecule has 6 nitrogen and oxygen atoms in total. The minimum Gasteiger partial charge on any atom is -0.504 e. The van der Waals surface area contributed by atoms with E-state index in [0.29, 0.717) is 13.0 Å². The van der Waals surface area contributed by atoms with E-state index < -0.39 is 0 Å². The molecule has 0 heterocycles. The van der Waals surface area contributed by atoms with Gasteiger partial charge in [0.2, 0.25) is 0 Å². The number of phenolic OH excluding ortho intramolecular Hbond substituents is 1. The molecule has 0 saturated heterocycles. The molecule has 0 radical (unpaired) electrons. The molecule has 0 atom stereocenters. The number of para-hydroxylation sites is 1. The van der Waals surface area contributed by atoms with Crippen molar-refractivity contribution in [3.05, 3.63) is 23.8 Å². The molecular weight excluding hydrogens is 262 g/mol. The topological polar surface area (TPSA) is 76.1 Å². The number of methoxy groups -OCH3 is 2. The Morgan fingerprint density at radius 3 is 2.60 bits per heavy atom. The third kappa shape index (κ3) is 3.88. The van der Waals surface area contributed by atoms with Crippen LogP contribution in [0.1, 0.15) is 23.2 Å². The monoisotopic (exact) mass is 281 g/mol. The highest BCUT2D eigenvalue weighted by atomic mass is 16.5. The fraction of sp³-hybridized carbons (Fsp3) is 0.429. The van der Waals surface area contributed by atoms with Crippen LogP contribution < -0.4 is 4.74 Å². The van der Waals surface area contributed by atoms with Gasteiger partial charge in [0, 0.05) is 20.0 Å². The van der Waals surface area contributed by atoms with E-state index in [9.17, 15) is 14.7 Å². The first-order chi connectivity index (χ1) is 9.51. The fourth-order valence-electron chi connectivity index (χ4n) is 1.73. The van der Waals surface area contributed by atoms with Crippen LogP contribution in [-0.2, 0) is 9.53 Å². The quantitative estimate of drug-likeness (QED) is 0.798. The highest BCUT2D eigenvalue weighted by Gasteiger charge is 2.18. The van der Waals surface area contributed by atoms with E-state index in [2.05, 4.69) is 4.74 Å². The Morgan fingerprint density at radius 1 is 1.30 bits per heavy atom. The van der Waals surface area contributed by atoms with Gasteiger partial charge in [-0.2, -0.15) is 0 Å². The van der Waals surface area contributed by atoms with Gasteiger partial charge in [0.25, 0.3) is 5.91 Å². The van der Waals surface area contributed by atoms with Crippen LogP contribution in [0, 0.1) is 0 Å². The molecule has 0 fully saturated rings. The number of hydrogen-bond donors (Lipinski definition) is 1. The van der Waals surface area contributed by atoms with Crippen molar-refractivity contribution in [3.8, 4) is 11.5 Å². The number of benzene rings is 1. The highest BCUT2D eigenvalue weighted by molar-refractivity contribution is 5.97. The zero-order chi connectivity index (χ0) is 15.1. The Morgan fingerprint density at radius 2 is 2.00 bits per heavy atom. The second kappa shape index (κ2) is 7.37. The van der Waals surface area contributed by atoms with Gasteiger partial charge in [-0.05, 0) is 18.6 Å². The summed E-state index contributed by atoms with van der Waals surface area (Å²) in [5, 5.41) is 9.91. The molecule has 110 valence electrons. The maximum absolute atomic E-state index is 12.2. The van der Waals surface area contributed by atoms with E-state index in [-0.39, 0.29) is 35.4 Å². The van der Waals surface area contributed by atoms with Gasteiger partial charge in [0.05, 0.1) is 19.8 Å². The molecule has 0 aliphatic heterocycles. The van der Waals surface area contributed by atoms with Crippen LogP contribution in [0.15, 0.2) is 18.2 Å². The number of amides is 1. The first kappa shape index (κ1) is 15.8. The van der Waals surface area contributed by atoms with Gasteiger partial charge >= 0.3 is 5.97 Å². The van der Waals surface area contributed by atoms with Crippen LogP contribution in [0.3, 0.4) is 0 Å². The van der Waals surface area contributed by atoms with Crippen LogP contribution >= 0.6 is 0 Å². The third-order valence-electron chi connectivity index (χ3n) is 2.90. The van der Waals surface area contributed by atoms with Gasteiger partial charge in [-0.3, -0.25) is 9.59 Å². The van der Waals surface area contributed by atoms with Crippen molar-refractivity contribution in [3.63, 3.8) is 0 Å². The van der Waals surface area contributed by atoms with Crippen LogP contribution in [-0.4, -0.2) is 49.7 Å². The fourth-order valence-corrected chi connectivity index (χ4v) is 1.73. The highest BCUT2D eigenvalue weighted by Crippen LogP contribution is 2.29. The molecule has 0 saturated carbocycles. The smallest absolute Gasteiger partial charge is 0.305 e. The van der Waals surface area contributed by atoms with Crippen molar-refractivity contribution in [1.29, 1.82) is 0 Å². The number of esters is 1. The number of carbonyl (C=O) groups is 2. The summed E-state index contributed by atoms with van der Waals surface area (Å²) in [7, 11) is 4.35. The molecular formula is C14H19NO5. The lowest BCUT2D eigenvalue weighted by molar-refractivity contribution is -0.140. The van der Waals surface area contributed by atoms with Crippen molar-refractivity contribution < 1.29 is 24.2 Å². The summed E-state index contributed by atoms with van der Waals surface area (Å²) in [6, 6.07) is 4.73. The van der Waals surface area contributed by atoms with Gasteiger partial charge < -0.3 is 19.5 Å². The van der Waals surface area contributed by atoms with Crippen molar-refractivity contribution in [2.75, 3.05) is 27.8 Å². The predicted molar refractivity (Wildman–Crippen MR) is 72.9 cm³/mol. The number of carbonyl (C=O) groups excluding carboxylic acids is 2. The Hall–Kier alpha value is -2.24. The van der Waals surface area contributed by atoms with Gasteiger partial charge in [-0.25, -0.2) is 0 Å². The number of rotatable bonds is 6. The summed E-state index contributed by atoms with van der Waals surface area (Å²) in [5.74, 6) is -0.569.